The molecule has 25 heavy (non-hydrogen) atoms. The van der Waals surface area contributed by atoms with Gasteiger partial charge in [0.2, 0.25) is 5.91 Å². The zero-order chi connectivity index (χ0) is 18.2. The van der Waals surface area contributed by atoms with E-state index in [1.807, 2.05) is 45.0 Å². The molecule has 0 atom stereocenters. The zero-order valence-electron chi connectivity index (χ0n) is 14.5. The molecule has 0 bridgehead atoms. The van der Waals surface area contributed by atoms with Crippen LogP contribution in [0.2, 0.25) is 0 Å². The summed E-state index contributed by atoms with van der Waals surface area (Å²) in [6.45, 7) is 6.65. The first-order valence-corrected chi connectivity index (χ1v) is 9.71. The van der Waals surface area contributed by atoms with Gasteiger partial charge in [-0.1, -0.05) is 15.9 Å². The molecule has 0 saturated carbocycles. The number of rotatable bonds is 7. The molecule has 0 fully saturated rings. The Morgan fingerprint density at radius 3 is 2.64 bits per heavy atom. The number of nitrogens with one attached hydrogen (secondary N) is 1. The van der Waals surface area contributed by atoms with Crippen LogP contribution in [0.5, 0.6) is 5.75 Å². The van der Waals surface area contributed by atoms with E-state index < -0.39 is 0 Å². The molecular formula is C19H21BrN2O2S. The van der Waals surface area contributed by atoms with E-state index in [0.29, 0.717) is 12.4 Å². The van der Waals surface area contributed by atoms with Crippen LogP contribution in [0.4, 0.5) is 0 Å². The number of hydrogen-bond acceptors (Lipinski definition) is 4. The lowest BCUT2D eigenvalue weighted by atomic mass is 10.2. The van der Waals surface area contributed by atoms with Crippen LogP contribution in [0.1, 0.15) is 23.6 Å². The number of carbonyl (C=O) groups is 1. The number of nitrogens with zero attached hydrogens (tertiary/aromatic N) is 1. The topological polar surface area (TPSA) is 50.7 Å². The van der Waals surface area contributed by atoms with Gasteiger partial charge in [-0.15, -0.1) is 11.8 Å². The Labute approximate surface area is 161 Å². The quantitative estimate of drug-likeness (QED) is 0.400. The molecule has 132 valence electrons. The van der Waals surface area contributed by atoms with Crippen molar-refractivity contribution in [1.29, 1.82) is 0 Å². The molecule has 0 spiro atoms. The van der Waals surface area contributed by atoms with Crippen molar-refractivity contribution in [3.63, 3.8) is 0 Å². The van der Waals surface area contributed by atoms with Gasteiger partial charge in [0.1, 0.15) is 5.75 Å². The fourth-order valence-corrected chi connectivity index (χ4v) is 3.44. The molecular weight excluding hydrogens is 400 g/mol. The molecule has 1 amide bonds. The highest BCUT2D eigenvalue weighted by Crippen LogP contribution is 2.28. The SMILES string of the molecule is CCOc1ccc(/C=N/NC(=O)CSc2cc(C)c(Br)cc2C)cc1. The highest BCUT2D eigenvalue weighted by atomic mass is 79.9. The van der Waals surface area contributed by atoms with Crippen LogP contribution in [-0.4, -0.2) is 24.5 Å². The summed E-state index contributed by atoms with van der Waals surface area (Å²) in [4.78, 5) is 13.0. The van der Waals surface area contributed by atoms with Gasteiger partial charge >= 0.3 is 0 Å². The Morgan fingerprint density at radius 1 is 1.24 bits per heavy atom. The van der Waals surface area contributed by atoms with E-state index in [-0.39, 0.29) is 5.91 Å². The average molecular weight is 421 g/mol. The van der Waals surface area contributed by atoms with Gasteiger partial charge < -0.3 is 4.74 Å². The molecule has 2 aromatic carbocycles. The molecule has 0 aliphatic heterocycles. The van der Waals surface area contributed by atoms with Crippen LogP contribution in [-0.2, 0) is 4.79 Å². The maximum Gasteiger partial charge on any atom is 0.250 e. The molecule has 0 aliphatic rings. The second kappa shape index (κ2) is 9.63. The third-order valence-electron chi connectivity index (χ3n) is 3.41. The van der Waals surface area contributed by atoms with Crippen molar-refractivity contribution in [2.24, 2.45) is 5.10 Å². The summed E-state index contributed by atoms with van der Waals surface area (Å²) in [6, 6.07) is 11.7. The Kier molecular flexibility index (Phi) is 7.52. The third-order valence-corrected chi connectivity index (χ3v) is 5.42. The van der Waals surface area contributed by atoms with Crippen LogP contribution in [0.3, 0.4) is 0 Å². The summed E-state index contributed by atoms with van der Waals surface area (Å²) in [5, 5.41) is 4.00. The predicted molar refractivity (Wildman–Crippen MR) is 108 cm³/mol. The Balaban J connectivity index is 1.83. The van der Waals surface area contributed by atoms with Gasteiger partial charge in [-0.2, -0.15) is 5.10 Å². The van der Waals surface area contributed by atoms with Gasteiger partial charge in [0.15, 0.2) is 0 Å². The van der Waals surface area contributed by atoms with E-state index in [0.717, 1.165) is 31.8 Å². The van der Waals surface area contributed by atoms with Crippen molar-refractivity contribution in [3.8, 4) is 5.75 Å². The summed E-state index contributed by atoms with van der Waals surface area (Å²) < 4.78 is 6.47. The zero-order valence-corrected chi connectivity index (χ0v) is 16.9. The smallest absolute Gasteiger partial charge is 0.250 e. The van der Waals surface area contributed by atoms with Gasteiger partial charge in [0.05, 0.1) is 18.6 Å². The minimum absolute atomic E-state index is 0.132. The number of benzene rings is 2. The number of thioether (sulfide) groups is 1. The molecule has 0 saturated heterocycles. The first-order valence-electron chi connectivity index (χ1n) is 7.94. The van der Waals surface area contributed by atoms with Crippen LogP contribution < -0.4 is 10.2 Å². The monoisotopic (exact) mass is 420 g/mol. The van der Waals surface area contributed by atoms with Crippen molar-refractivity contribution >= 4 is 39.8 Å². The van der Waals surface area contributed by atoms with Crippen molar-refractivity contribution in [3.05, 3.63) is 57.6 Å². The summed E-state index contributed by atoms with van der Waals surface area (Å²) in [5.74, 6) is 1.01. The first-order chi connectivity index (χ1) is 12.0. The third kappa shape index (κ3) is 6.21. The van der Waals surface area contributed by atoms with E-state index in [2.05, 4.69) is 38.6 Å². The van der Waals surface area contributed by atoms with Gasteiger partial charge in [0.25, 0.3) is 0 Å². The fourth-order valence-electron chi connectivity index (χ4n) is 2.08. The fraction of sp³-hybridized carbons (Fsp3) is 0.263. The molecule has 2 aromatic rings. The van der Waals surface area contributed by atoms with Crippen molar-refractivity contribution in [2.75, 3.05) is 12.4 Å². The molecule has 0 unspecified atom stereocenters. The van der Waals surface area contributed by atoms with Gasteiger partial charge in [-0.3, -0.25) is 4.79 Å². The maximum atomic E-state index is 11.9. The largest absolute Gasteiger partial charge is 0.494 e. The molecule has 6 heteroatoms. The number of aryl methyl sites for hydroxylation is 2. The molecule has 0 radical (unpaired) electrons. The summed E-state index contributed by atoms with van der Waals surface area (Å²) >= 11 is 5.02. The predicted octanol–water partition coefficient (Wildman–Crippen LogP) is 4.71. The van der Waals surface area contributed by atoms with E-state index in [4.69, 9.17) is 4.74 Å². The second-order valence-electron chi connectivity index (χ2n) is 5.45. The number of halogens is 1. The van der Waals surface area contributed by atoms with E-state index in [1.54, 1.807) is 6.21 Å². The number of hydrogen-bond donors (Lipinski definition) is 1. The lowest BCUT2D eigenvalue weighted by molar-refractivity contribution is -0.118. The summed E-state index contributed by atoms with van der Waals surface area (Å²) in [6.07, 6.45) is 1.62. The first kappa shape index (κ1) is 19.5. The van der Waals surface area contributed by atoms with Crippen LogP contribution in [0.15, 0.2) is 50.9 Å². The van der Waals surface area contributed by atoms with Crippen molar-refractivity contribution in [1.82, 2.24) is 5.43 Å². The molecule has 0 heterocycles. The minimum Gasteiger partial charge on any atom is -0.494 e. The molecule has 4 nitrogen and oxygen atoms in total. The number of ether oxygens (including phenoxy) is 1. The minimum atomic E-state index is -0.132. The average Bonchev–Trinajstić information content (AvgIpc) is 2.59. The molecule has 1 N–H and O–H groups in total. The van der Waals surface area contributed by atoms with Crippen molar-refractivity contribution < 1.29 is 9.53 Å². The van der Waals surface area contributed by atoms with E-state index in [9.17, 15) is 4.79 Å². The highest BCUT2D eigenvalue weighted by molar-refractivity contribution is 9.10. The maximum absolute atomic E-state index is 11.9. The number of carbonyl (C=O) groups excluding carboxylic acids is 1. The summed E-state index contributed by atoms with van der Waals surface area (Å²) in [7, 11) is 0. The summed E-state index contributed by atoms with van der Waals surface area (Å²) in [5.41, 5.74) is 5.76. The van der Waals surface area contributed by atoms with Crippen LogP contribution in [0.25, 0.3) is 0 Å². The lowest BCUT2D eigenvalue weighted by Gasteiger charge is -2.08. The second-order valence-corrected chi connectivity index (χ2v) is 7.32. The Bertz CT molecular complexity index is 761. The Hall–Kier alpha value is -1.79. The normalized spacial score (nSPS) is 10.9. The number of hydrazone groups is 1. The Morgan fingerprint density at radius 2 is 1.96 bits per heavy atom. The molecule has 0 aliphatic carbocycles. The van der Waals surface area contributed by atoms with Crippen LogP contribution in [0, 0.1) is 13.8 Å². The standard InChI is InChI=1S/C19H21BrN2O2S/c1-4-24-16-7-5-15(6-8-16)11-21-22-19(23)12-25-18-10-13(2)17(20)9-14(18)3/h5-11H,4,12H2,1-3H3,(H,22,23)/b21-11+. The van der Waals surface area contributed by atoms with Crippen molar-refractivity contribution in [2.45, 2.75) is 25.7 Å². The highest BCUT2D eigenvalue weighted by Gasteiger charge is 2.06. The van der Waals surface area contributed by atoms with Gasteiger partial charge in [0, 0.05) is 9.37 Å². The molecule has 2 rings (SSSR count). The van der Waals surface area contributed by atoms with Gasteiger partial charge in [-0.05, 0) is 73.9 Å². The van der Waals surface area contributed by atoms with E-state index >= 15 is 0 Å². The van der Waals surface area contributed by atoms with E-state index in [1.165, 1.54) is 11.8 Å². The van der Waals surface area contributed by atoms with Crippen LogP contribution >= 0.6 is 27.7 Å². The van der Waals surface area contributed by atoms with Gasteiger partial charge in [-0.25, -0.2) is 5.43 Å². The molecule has 0 aromatic heterocycles. The lowest BCUT2D eigenvalue weighted by Crippen LogP contribution is -2.19. The number of amides is 1.